The van der Waals surface area contributed by atoms with Gasteiger partial charge in [0.15, 0.2) is 0 Å². The van der Waals surface area contributed by atoms with Gasteiger partial charge in [0, 0.05) is 36.3 Å². The Labute approximate surface area is 107 Å². The van der Waals surface area contributed by atoms with E-state index in [1.165, 1.54) is 12.8 Å². The Kier molecular flexibility index (Phi) is 12.9. The minimum atomic E-state index is 0. The highest BCUT2D eigenvalue weighted by Gasteiger charge is 1.94. The summed E-state index contributed by atoms with van der Waals surface area (Å²) in [6, 6.07) is 0. The lowest BCUT2D eigenvalue weighted by Gasteiger charge is -1.76. The van der Waals surface area contributed by atoms with E-state index in [1.807, 2.05) is 23.3 Å². The van der Waals surface area contributed by atoms with E-state index in [9.17, 15) is 0 Å². The number of nitrogens with one attached hydrogen (secondary N) is 1. The molecule has 76 valence electrons. The molecule has 0 spiro atoms. The summed E-state index contributed by atoms with van der Waals surface area (Å²) in [5.41, 5.74) is 0. The molecule has 14 heavy (non-hydrogen) atoms. The molecule has 1 fully saturated rings. The molecule has 0 aliphatic carbocycles. The summed E-state index contributed by atoms with van der Waals surface area (Å²) in [5, 5.41) is 0. The van der Waals surface area contributed by atoms with Gasteiger partial charge in [0.25, 0.3) is 0 Å². The van der Waals surface area contributed by atoms with E-state index in [-0.39, 0.29) is 35.5 Å². The lowest BCUT2D eigenvalue weighted by molar-refractivity contribution is -0.566. The van der Waals surface area contributed by atoms with Gasteiger partial charge in [-0.2, -0.15) is 0 Å². The molecule has 2 radical (unpaired) electrons. The first kappa shape index (κ1) is 16.4. The van der Waals surface area contributed by atoms with Gasteiger partial charge in [-0.15, -0.1) is 0 Å². The summed E-state index contributed by atoms with van der Waals surface area (Å²) in [7, 11) is 0. The number of aromatic nitrogens is 2. The second kappa shape index (κ2) is 11.0. The van der Waals surface area contributed by atoms with Crippen LogP contribution >= 0.6 is 0 Å². The number of halogens is 1. The number of rotatable bonds is 1. The number of hydrogen-bond acceptors (Lipinski definition) is 1. The van der Waals surface area contributed by atoms with Crippen LogP contribution in [0.5, 0.6) is 0 Å². The van der Waals surface area contributed by atoms with Crippen molar-refractivity contribution in [1.82, 2.24) is 4.98 Å². The number of nitrogens with zero attached hydrogens (tertiary/aromatic N) is 1. The van der Waals surface area contributed by atoms with Gasteiger partial charge in [-0.3, -0.25) is 0 Å². The number of H-pyrrole nitrogens is 1. The summed E-state index contributed by atoms with van der Waals surface area (Å²) in [6.07, 6.45) is 9.80. The van der Waals surface area contributed by atoms with E-state index >= 15 is 0 Å². The van der Waals surface area contributed by atoms with E-state index in [1.54, 1.807) is 6.20 Å². The molecule has 2 heterocycles. The van der Waals surface area contributed by atoms with Crippen LogP contribution in [0.3, 0.4) is 0 Å². The number of ether oxygens (including phenoxy) is 1. The van der Waals surface area contributed by atoms with Crippen LogP contribution in [-0.4, -0.2) is 41.3 Å². The predicted molar refractivity (Wildman–Crippen MR) is 53.2 cm³/mol. The molecule has 0 saturated carbocycles. The van der Waals surface area contributed by atoms with Crippen LogP contribution in [0.4, 0.5) is 0 Å². The Bertz CT molecular complexity index is 205. The molecular formula is C9H15ClMgN2O. The molecule has 1 saturated heterocycles. The largest absolute Gasteiger partial charge is 1.00 e. The van der Waals surface area contributed by atoms with Crippen LogP contribution in [0, 0.1) is 0 Å². The fourth-order valence-corrected chi connectivity index (χ4v) is 0.925. The average Bonchev–Trinajstić information content (AvgIpc) is 2.81. The molecule has 0 aromatic carbocycles. The minimum absolute atomic E-state index is 0. The number of aromatic amines is 1. The smallest absolute Gasteiger partial charge is 0.246 e. The summed E-state index contributed by atoms with van der Waals surface area (Å²) in [4.78, 5) is 2.87. The second-order valence-electron chi connectivity index (χ2n) is 2.56. The highest BCUT2D eigenvalue weighted by molar-refractivity contribution is 5.75. The van der Waals surface area contributed by atoms with Crippen molar-refractivity contribution in [1.29, 1.82) is 0 Å². The molecular weight excluding hydrogens is 212 g/mol. The van der Waals surface area contributed by atoms with Crippen LogP contribution < -0.4 is 17.0 Å². The molecule has 1 N–H and O–H groups in total. The molecule has 1 aliphatic rings. The molecule has 3 nitrogen and oxygen atoms in total. The topological polar surface area (TPSA) is 28.9 Å². The van der Waals surface area contributed by atoms with Crippen molar-refractivity contribution < 1.29 is 21.7 Å². The third-order valence-electron chi connectivity index (χ3n) is 1.60. The zero-order valence-corrected chi connectivity index (χ0v) is 10.5. The summed E-state index contributed by atoms with van der Waals surface area (Å²) in [5.74, 6) is 0. The second-order valence-corrected chi connectivity index (χ2v) is 2.56. The van der Waals surface area contributed by atoms with E-state index in [0.717, 1.165) is 13.2 Å². The highest BCUT2D eigenvalue weighted by atomic mass is 35.5. The summed E-state index contributed by atoms with van der Waals surface area (Å²) in [6.45, 7) is 5.55. The van der Waals surface area contributed by atoms with Crippen molar-refractivity contribution in [3.05, 3.63) is 25.3 Å². The van der Waals surface area contributed by atoms with Crippen molar-refractivity contribution in [2.75, 3.05) is 13.2 Å². The van der Waals surface area contributed by atoms with Gasteiger partial charge in [0.05, 0.1) is 6.20 Å². The van der Waals surface area contributed by atoms with E-state index in [0.29, 0.717) is 0 Å². The fraction of sp³-hybridized carbons (Fsp3) is 0.444. The van der Waals surface area contributed by atoms with Crippen molar-refractivity contribution in [3.63, 3.8) is 0 Å². The zero-order valence-electron chi connectivity index (χ0n) is 8.29. The normalized spacial score (nSPS) is 12.9. The molecule has 0 bridgehead atoms. The first-order valence-electron chi connectivity index (χ1n) is 4.17. The summed E-state index contributed by atoms with van der Waals surface area (Å²) >= 11 is 0. The lowest BCUT2D eigenvalue weighted by Crippen LogP contribution is -3.00. The first-order chi connectivity index (χ1) is 5.93. The van der Waals surface area contributed by atoms with Gasteiger partial charge in [0.1, 0.15) is 12.4 Å². The highest BCUT2D eigenvalue weighted by Crippen LogP contribution is 1.98. The first-order valence-corrected chi connectivity index (χ1v) is 4.17. The standard InChI is InChI=1S/C5H6N2.C4H8O.ClH.Mg/c1-2-7-4-3-6-5-7;1-2-4-5-3-1;;/h2-5H,1H2;1-4H2;1H;. The third kappa shape index (κ3) is 7.38. The van der Waals surface area contributed by atoms with Gasteiger partial charge >= 0.3 is 0 Å². The molecule has 2 rings (SSSR count). The Hall–Kier alpha value is -0.0338. The van der Waals surface area contributed by atoms with Crippen LogP contribution in [0.2, 0.25) is 0 Å². The number of hydrogen-bond donors (Lipinski definition) is 1. The maximum absolute atomic E-state index is 4.94. The summed E-state index contributed by atoms with van der Waals surface area (Å²) < 4.78 is 6.78. The molecule has 1 aromatic rings. The van der Waals surface area contributed by atoms with Gasteiger partial charge in [0.2, 0.25) is 6.33 Å². The minimum Gasteiger partial charge on any atom is -1.00 e. The van der Waals surface area contributed by atoms with Gasteiger partial charge < -0.3 is 17.1 Å². The van der Waals surface area contributed by atoms with Crippen LogP contribution in [0.1, 0.15) is 12.8 Å². The maximum atomic E-state index is 4.94. The van der Waals surface area contributed by atoms with Gasteiger partial charge in [-0.1, -0.05) is 6.58 Å². The molecule has 1 aromatic heterocycles. The predicted octanol–water partition coefficient (Wildman–Crippen LogP) is -2.18. The van der Waals surface area contributed by atoms with E-state index < -0.39 is 0 Å². The Morgan fingerprint density at radius 1 is 1.36 bits per heavy atom. The fourth-order valence-electron chi connectivity index (χ4n) is 0.925. The monoisotopic (exact) mass is 226 g/mol. The van der Waals surface area contributed by atoms with Crippen LogP contribution in [-0.2, 0) is 4.74 Å². The van der Waals surface area contributed by atoms with E-state index in [4.69, 9.17) is 4.74 Å². The Morgan fingerprint density at radius 3 is 2.21 bits per heavy atom. The maximum Gasteiger partial charge on any atom is 0.246 e. The van der Waals surface area contributed by atoms with Crippen molar-refractivity contribution in [2.45, 2.75) is 12.8 Å². The molecule has 0 unspecified atom stereocenters. The Morgan fingerprint density at radius 2 is 2.00 bits per heavy atom. The number of imidazole rings is 1. The van der Waals surface area contributed by atoms with Gasteiger partial charge in [-0.05, 0) is 12.8 Å². The van der Waals surface area contributed by atoms with Gasteiger partial charge in [-0.25, -0.2) is 9.55 Å². The molecule has 0 amide bonds. The zero-order chi connectivity index (χ0) is 8.65. The van der Waals surface area contributed by atoms with Crippen molar-refractivity contribution in [3.8, 4) is 0 Å². The molecule has 5 heteroatoms. The quantitative estimate of drug-likeness (QED) is 0.429. The Balaban J connectivity index is 0. The lowest BCUT2D eigenvalue weighted by atomic mass is 10.4. The molecule has 1 aliphatic heterocycles. The van der Waals surface area contributed by atoms with Crippen LogP contribution in [0.15, 0.2) is 25.3 Å². The van der Waals surface area contributed by atoms with Crippen LogP contribution in [0.25, 0.3) is 6.20 Å². The SMILES string of the molecule is C1CCOC1.C=C[n+]1cc[nH]c1.[Cl-].[Mg]. The third-order valence-corrected chi connectivity index (χ3v) is 1.60. The van der Waals surface area contributed by atoms with Crippen molar-refractivity contribution in [2.24, 2.45) is 0 Å². The molecule has 0 atom stereocenters. The van der Waals surface area contributed by atoms with Crippen molar-refractivity contribution >= 4 is 29.3 Å². The van der Waals surface area contributed by atoms with E-state index in [2.05, 4.69) is 11.6 Å². The average molecular weight is 227 g/mol.